The molecule has 0 saturated carbocycles. The summed E-state index contributed by atoms with van der Waals surface area (Å²) in [6, 6.07) is 10.5. The summed E-state index contributed by atoms with van der Waals surface area (Å²) in [7, 11) is 0. The van der Waals surface area contributed by atoms with E-state index >= 15 is 0 Å². The quantitative estimate of drug-likeness (QED) is 0.408. The van der Waals surface area contributed by atoms with Gasteiger partial charge in [-0.3, -0.25) is 0 Å². The molecule has 0 amide bonds. The van der Waals surface area contributed by atoms with E-state index in [9.17, 15) is 26.3 Å². The molecule has 0 aromatic heterocycles. The average Bonchev–Trinajstić information content (AvgIpc) is 2.85. The van der Waals surface area contributed by atoms with Crippen LogP contribution in [0, 0.1) is 0 Å². The second-order valence-electron chi connectivity index (χ2n) is 7.32. The van der Waals surface area contributed by atoms with E-state index < -0.39 is 32.7 Å². The van der Waals surface area contributed by atoms with E-state index in [1.165, 1.54) is 17.7 Å². The number of carboxylic acids is 1. The van der Waals surface area contributed by atoms with Crippen molar-refractivity contribution in [3.8, 4) is 23.0 Å². The van der Waals surface area contributed by atoms with E-state index in [1.54, 1.807) is 0 Å². The van der Waals surface area contributed by atoms with Gasteiger partial charge in [-0.05, 0) is 43.0 Å². The Hall–Kier alpha value is -3.35. The number of rotatable bonds is 10. The topological polar surface area (TPSA) is 86.3 Å². The maximum Gasteiger partial charge on any atom is 0.490 e. The number of halogens is 6. The van der Waals surface area contributed by atoms with E-state index in [1.807, 2.05) is 18.2 Å². The van der Waals surface area contributed by atoms with Crippen LogP contribution < -0.4 is 24.3 Å². The van der Waals surface area contributed by atoms with Crippen LogP contribution in [0.4, 0.5) is 26.3 Å². The fourth-order valence-corrected chi connectivity index (χ4v) is 3.52. The van der Waals surface area contributed by atoms with Gasteiger partial charge in [-0.15, -0.1) is 0 Å². The van der Waals surface area contributed by atoms with Crippen molar-refractivity contribution >= 4 is 5.97 Å². The van der Waals surface area contributed by atoms with Crippen molar-refractivity contribution < 1.29 is 55.2 Å². The Morgan fingerprint density at radius 1 is 0.917 bits per heavy atom. The first-order valence-corrected chi connectivity index (χ1v) is 10.7. The van der Waals surface area contributed by atoms with Gasteiger partial charge in [-0.1, -0.05) is 24.3 Å². The lowest BCUT2D eigenvalue weighted by Crippen LogP contribution is -2.27. The smallest absolute Gasteiger partial charge is 0.482 e. The summed E-state index contributed by atoms with van der Waals surface area (Å²) in [4.78, 5) is 8.90. The van der Waals surface area contributed by atoms with Gasteiger partial charge in [0.2, 0.25) is 26.3 Å². The molecule has 0 spiro atoms. The third-order valence-corrected chi connectivity index (χ3v) is 5.08. The molecule has 1 aliphatic rings. The number of piperidine rings is 1. The van der Waals surface area contributed by atoms with Crippen LogP contribution in [0.15, 0.2) is 36.4 Å². The molecule has 7 nitrogen and oxygen atoms in total. The van der Waals surface area contributed by atoms with Crippen LogP contribution in [0.25, 0.3) is 0 Å². The van der Waals surface area contributed by atoms with Gasteiger partial charge < -0.3 is 29.4 Å². The number of hydrogen-bond acceptors (Lipinski definition) is 6. The first-order chi connectivity index (χ1) is 17.2. The van der Waals surface area contributed by atoms with Crippen LogP contribution >= 0.6 is 0 Å². The number of carbonyl (C=O) groups is 1. The first kappa shape index (κ1) is 28.9. The van der Waals surface area contributed by atoms with Crippen molar-refractivity contribution in [3.63, 3.8) is 0 Å². The van der Waals surface area contributed by atoms with Gasteiger partial charge in [-0.2, -0.15) is 13.2 Å². The predicted molar refractivity (Wildman–Crippen MR) is 116 cm³/mol. The lowest BCUT2D eigenvalue weighted by atomic mass is 9.87. The molecule has 13 heteroatoms. The molecule has 0 aliphatic carbocycles. The Morgan fingerprint density at radius 3 is 1.94 bits per heavy atom. The van der Waals surface area contributed by atoms with Crippen molar-refractivity contribution in [2.75, 3.05) is 33.7 Å². The van der Waals surface area contributed by atoms with Crippen LogP contribution in [-0.2, 0) is 11.4 Å². The van der Waals surface area contributed by atoms with Crippen LogP contribution in [0.1, 0.15) is 29.9 Å². The van der Waals surface area contributed by atoms with E-state index in [0.29, 0.717) is 5.92 Å². The Balaban J connectivity index is 0.000000572. The molecule has 0 atom stereocenters. The normalized spacial score (nSPS) is 13.8. The molecule has 1 fully saturated rings. The average molecular weight is 525 g/mol. The van der Waals surface area contributed by atoms with Gasteiger partial charge in [0.25, 0.3) is 0 Å². The van der Waals surface area contributed by atoms with Crippen molar-refractivity contribution in [1.82, 2.24) is 5.32 Å². The summed E-state index contributed by atoms with van der Waals surface area (Å²) in [5, 5.41) is 10.5. The molecule has 0 radical (unpaired) electrons. The van der Waals surface area contributed by atoms with Crippen LogP contribution in [-0.4, -0.2) is 50.9 Å². The molecule has 200 valence electrons. The third kappa shape index (κ3) is 8.70. The third-order valence-electron chi connectivity index (χ3n) is 5.08. The molecule has 2 aromatic carbocycles. The monoisotopic (exact) mass is 525 g/mol. The molecule has 2 aromatic rings. The van der Waals surface area contributed by atoms with Gasteiger partial charge >= 0.3 is 12.1 Å². The fraction of sp³-hybridized carbons (Fsp3) is 0.435. The van der Waals surface area contributed by atoms with E-state index in [4.69, 9.17) is 28.8 Å². The second kappa shape index (κ2) is 14.3. The van der Waals surface area contributed by atoms with E-state index in [0.717, 1.165) is 31.5 Å². The van der Waals surface area contributed by atoms with E-state index in [2.05, 4.69) is 11.4 Å². The minimum atomic E-state index is -5.08. The zero-order valence-corrected chi connectivity index (χ0v) is 19.0. The summed E-state index contributed by atoms with van der Waals surface area (Å²) in [5.41, 5.74) is 2.16. The molecular formula is C23H25F6NO6. The highest BCUT2D eigenvalue weighted by molar-refractivity contribution is 5.73. The minimum Gasteiger partial charge on any atom is -0.482 e. The number of benzene rings is 2. The van der Waals surface area contributed by atoms with Crippen LogP contribution in [0.5, 0.6) is 23.0 Å². The molecule has 2 N–H and O–H groups in total. The first-order valence-electron chi connectivity index (χ1n) is 10.7. The largest absolute Gasteiger partial charge is 0.490 e. The van der Waals surface area contributed by atoms with Crippen molar-refractivity contribution in [1.29, 1.82) is 0 Å². The molecule has 0 bridgehead atoms. The van der Waals surface area contributed by atoms with Crippen LogP contribution in [0.3, 0.4) is 0 Å². The summed E-state index contributed by atoms with van der Waals surface area (Å²) in [6.45, 7) is -1.31. The highest BCUT2D eigenvalue weighted by atomic mass is 19.4. The zero-order valence-electron chi connectivity index (χ0n) is 19.0. The Labute approximate surface area is 202 Å². The van der Waals surface area contributed by atoms with Gasteiger partial charge in [0.15, 0.2) is 11.5 Å². The number of carboxylic acid groups (broad SMARTS) is 1. The summed E-state index contributed by atoms with van der Waals surface area (Å²) in [6.07, 6.45) is -3.03. The van der Waals surface area contributed by atoms with Gasteiger partial charge in [-0.25, -0.2) is 18.0 Å². The van der Waals surface area contributed by atoms with E-state index in [-0.39, 0.29) is 29.6 Å². The minimum absolute atomic E-state index is 0.0156. The predicted octanol–water partition coefficient (Wildman–Crippen LogP) is 5.28. The molecular weight excluding hydrogens is 500 g/mol. The van der Waals surface area contributed by atoms with Crippen molar-refractivity contribution in [3.05, 3.63) is 47.5 Å². The number of hydrogen-bond donors (Lipinski definition) is 2. The standard InChI is InChI=1S/C21H24F3NO4.C2HF3O2/c22-12-27-17-9-19(28-13-23)21(20(10-17)29-14-24)26-11-16-3-1-2-4-18(16)15-5-7-25-8-6-15;3-2(4,5)1(6)7/h1-4,9-10,15,25H,5-8,11-14H2;(H,6,7). The van der Waals surface area contributed by atoms with Crippen molar-refractivity contribution in [2.24, 2.45) is 0 Å². The molecule has 1 saturated heterocycles. The Bertz CT molecular complexity index is 941. The fourth-order valence-electron chi connectivity index (χ4n) is 3.52. The zero-order chi connectivity index (χ0) is 26.6. The van der Waals surface area contributed by atoms with Gasteiger partial charge in [0.1, 0.15) is 12.4 Å². The molecule has 0 unspecified atom stereocenters. The number of nitrogens with one attached hydrogen (secondary N) is 1. The highest BCUT2D eigenvalue weighted by Gasteiger charge is 2.38. The molecule has 3 rings (SSSR count). The van der Waals surface area contributed by atoms with Gasteiger partial charge in [0, 0.05) is 12.1 Å². The molecule has 36 heavy (non-hydrogen) atoms. The number of alkyl halides is 6. The lowest BCUT2D eigenvalue weighted by Gasteiger charge is -2.25. The molecule has 1 heterocycles. The maximum atomic E-state index is 12.9. The van der Waals surface area contributed by atoms with Crippen LogP contribution in [0.2, 0.25) is 0 Å². The Kier molecular flexibility index (Phi) is 11.4. The number of ether oxygens (including phenoxy) is 4. The summed E-state index contributed by atoms with van der Waals surface area (Å²) in [5.74, 6) is -2.40. The SMILES string of the molecule is FCOc1cc(OCF)c(OCc2ccccc2C2CCNCC2)c(OCF)c1.O=C(O)C(F)(F)F. The summed E-state index contributed by atoms with van der Waals surface area (Å²) >= 11 is 0. The Morgan fingerprint density at radius 2 is 1.44 bits per heavy atom. The summed E-state index contributed by atoms with van der Waals surface area (Å²) < 4.78 is 90.5. The second-order valence-corrected chi connectivity index (χ2v) is 7.32. The highest BCUT2D eigenvalue weighted by Crippen LogP contribution is 2.42. The van der Waals surface area contributed by atoms with Crippen molar-refractivity contribution in [2.45, 2.75) is 31.5 Å². The lowest BCUT2D eigenvalue weighted by molar-refractivity contribution is -0.192. The molecule has 1 aliphatic heterocycles. The van der Waals surface area contributed by atoms with Gasteiger partial charge in [0.05, 0.1) is 0 Å². The maximum absolute atomic E-state index is 12.9. The number of aliphatic carboxylic acids is 1.